The molecule has 3 atom stereocenters. The highest BCUT2D eigenvalue weighted by Crippen LogP contribution is 2.35. The summed E-state index contributed by atoms with van der Waals surface area (Å²) in [4.78, 5) is 19.4. The first-order valence-electron chi connectivity index (χ1n) is 8.86. The third-order valence-electron chi connectivity index (χ3n) is 5.64. The van der Waals surface area contributed by atoms with Gasteiger partial charge in [0.05, 0.1) is 12.7 Å². The van der Waals surface area contributed by atoms with Crippen molar-refractivity contribution in [1.29, 1.82) is 0 Å². The molecule has 5 heteroatoms. The zero-order valence-electron chi connectivity index (χ0n) is 13.9. The molecule has 0 aromatic carbocycles. The second-order valence-corrected chi connectivity index (χ2v) is 8.65. The van der Waals surface area contributed by atoms with Crippen LogP contribution in [0.15, 0.2) is 12.1 Å². The molecule has 0 unspecified atom stereocenters. The van der Waals surface area contributed by atoms with Gasteiger partial charge in [-0.05, 0) is 44.4 Å². The first kappa shape index (κ1) is 15.6. The number of fused-ring (bicyclic) bond motifs is 1. The number of hydrogen-bond donors (Lipinski definition) is 0. The summed E-state index contributed by atoms with van der Waals surface area (Å²) in [5, 5.41) is 0. The molecule has 4 rings (SSSR count). The van der Waals surface area contributed by atoms with E-state index in [1.165, 1.54) is 22.7 Å². The molecule has 0 saturated carbocycles. The number of aryl methyl sites for hydroxylation is 1. The van der Waals surface area contributed by atoms with Crippen LogP contribution in [-0.2, 0) is 16.1 Å². The normalized spacial score (nSPS) is 31.8. The Morgan fingerprint density at radius 2 is 2.26 bits per heavy atom. The Balaban J connectivity index is 1.37. The summed E-state index contributed by atoms with van der Waals surface area (Å²) in [5.41, 5.74) is 0. The second-order valence-electron chi connectivity index (χ2n) is 7.28. The Hall–Kier alpha value is -0.910. The molecule has 3 aliphatic heterocycles. The maximum Gasteiger partial charge on any atom is 0.222 e. The van der Waals surface area contributed by atoms with Crippen molar-refractivity contribution >= 4 is 17.2 Å². The van der Waals surface area contributed by atoms with E-state index in [1.807, 2.05) is 16.2 Å². The molecule has 0 N–H and O–H groups in total. The summed E-state index contributed by atoms with van der Waals surface area (Å²) < 4.78 is 6.09. The number of rotatable bonds is 4. The molecule has 1 aromatic rings. The molecule has 126 valence electrons. The predicted octanol–water partition coefficient (Wildman–Crippen LogP) is 2.52. The lowest BCUT2D eigenvalue weighted by molar-refractivity contribution is -0.129. The number of nitrogens with zero attached hydrogens (tertiary/aromatic N) is 2. The number of ether oxygens (including phenoxy) is 1. The standard InChI is InChI=1S/C18H26N2O2S/c1-13-4-5-15(23-13)9-19-8-6-14-12-22-17(16(14)10-19)11-20-7-2-3-18(20)21/h4-5,14,16-17H,2-3,6-12H2,1H3/t14-,16-,17+/m0/s1. The Labute approximate surface area is 142 Å². The van der Waals surface area contributed by atoms with E-state index in [0.29, 0.717) is 17.7 Å². The summed E-state index contributed by atoms with van der Waals surface area (Å²) in [6.45, 7) is 8.17. The molecular formula is C18H26N2O2S. The minimum Gasteiger partial charge on any atom is -0.376 e. The summed E-state index contributed by atoms with van der Waals surface area (Å²) in [6.07, 6.45) is 3.23. The molecule has 23 heavy (non-hydrogen) atoms. The molecule has 3 fully saturated rings. The van der Waals surface area contributed by atoms with E-state index in [-0.39, 0.29) is 6.10 Å². The van der Waals surface area contributed by atoms with Crippen molar-refractivity contribution in [3.63, 3.8) is 0 Å². The maximum atomic E-state index is 11.9. The number of amides is 1. The van der Waals surface area contributed by atoms with E-state index in [0.717, 1.165) is 45.6 Å². The molecule has 0 spiro atoms. The van der Waals surface area contributed by atoms with Gasteiger partial charge in [0.1, 0.15) is 0 Å². The number of carbonyl (C=O) groups is 1. The number of likely N-dealkylation sites (tertiary alicyclic amines) is 2. The van der Waals surface area contributed by atoms with Crippen molar-refractivity contribution in [2.75, 3.05) is 32.8 Å². The van der Waals surface area contributed by atoms with Crippen LogP contribution in [0.5, 0.6) is 0 Å². The summed E-state index contributed by atoms with van der Waals surface area (Å²) in [6, 6.07) is 4.48. The quantitative estimate of drug-likeness (QED) is 0.848. The van der Waals surface area contributed by atoms with Crippen LogP contribution in [0, 0.1) is 18.8 Å². The first-order valence-corrected chi connectivity index (χ1v) is 9.68. The minimum atomic E-state index is 0.245. The van der Waals surface area contributed by atoms with E-state index >= 15 is 0 Å². The zero-order valence-corrected chi connectivity index (χ0v) is 14.7. The van der Waals surface area contributed by atoms with Crippen LogP contribution in [0.3, 0.4) is 0 Å². The first-order chi connectivity index (χ1) is 11.2. The van der Waals surface area contributed by atoms with Gasteiger partial charge in [0.25, 0.3) is 0 Å². The lowest BCUT2D eigenvalue weighted by atomic mass is 9.84. The van der Waals surface area contributed by atoms with Crippen molar-refractivity contribution < 1.29 is 9.53 Å². The molecule has 3 saturated heterocycles. The monoisotopic (exact) mass is 334 g/mol. The topological polar surface area (TPSA) is 32.8 Å². The molecule has 1 amide bonds. The predicted molar refractivity (Wildman–Crippen MR) is 91.5 cm³/mol. The molecule has 0 radical (unpaired) electrons. The molecule has 0 bridgehead atoms. The molecule has 1 aromatic heterocycles. The lowest BCUT2D eigenvalue weighted by Gasteiger charge is -2.36. The van der Waals surface area contributed by atoms with Crippen LogP contribution >= 0.6 is 11.3 Å². The summed E-state index contributed by atoms with van der Waals surface area (Å²) >= 11 is 1.91. The highest BCUT2D eigenvalue weighted by atomic mass is 32.1. The fraction of sp³-hybridized carbons (Fsp3) is 0.722. The molecule has 0 aliphatic carbocycles. The maximum absolute atomic E-state index is 11.9. The Morgan fingerprint density at radius 3 is 3.00 bits per heavy atom. The number of piperidine rings is 1. The Kier molecular flexibility index (Phi) is 4.43. The number of hydrogen-bond acceptors (Lipinski definition) is 4. The van der Waals surface area contributed by atoms with Crippen LogP contribution in [0.25, 0.3) is 0 Å². The van der Waals surface area contributed by atoms with Crippen LogP contribution < -0.4 is 0 Å². The van der Waals surface area contributed by atoms with Gasteiger partial charge in [0.2, 0.25) is 5.91 Å². The third kappa shape index (κ3) is 3.32. The van der Waals surface area contributed by atoms with Gasteiger partial charge in [0.15, 0.2) is 0 Å². The minimum absolute atomic E-state index is 0.245. The number of thiophene rings is 1. The van der Waals surface area contributed by atoms with Gasteiger partial charge >= 0.3 is 0 Å². The Morgan fingerprint density at radius 1 is 1.35 bits per heavy atom. The van der Waals surface area contributed by atoms with Crippen molar-refractivity contribution in [3.8, 4) is 0 Å². The molecule has 4 nitrogen and oxygen atoms in total. The van der Waals surface area contributed by atoms with Gasteiger partial charge in [-0.25, -0.2) is 0 Å². The van der Waals surface area contributed by atoms with E-state index in [2.05, 4.69) is 24.0 Å². The summed E-state index contributed by atoms with van der Waals surface area (Å²) in [5.74, 6) is 1.61. The van der Waals surface area contributed by atoms with Crippen LogP contribution in [0.2, 0.25) is 0 Å². The van der Waals surface area contributed by atoms with Crippen LogP contribution in [0.1, 0.15) is 29.0 Å². The number of carbonyl (C=O) groups excluding carboxylic acids is 1. The van der Waals surface area contributed by atoms with Gasteiger partial charge in [-0.3, -0.25) is 9.69 Å². The average molecular weight is 334 g/mol. The van der Waals surface area contributed by atoms with Crippen molar-refractivity contribution in [2.24, 2.45) is 11.8 Å². The highest BCUT2D eigenvalue weighted by molar-refractivity contribution is 7.11. The third-order valence-corrected chi connectivity index (χ3v) is 6.63. The zero-order chi connectivity index (χ0) is 15.8. The summed E-state index contributed by atoms with van der Waals surface area (Å²) in [7, 11) is 0. The molecule has 4 heterocycles. The van der Waals surface area contributed by atoms with Crippen molar-refractivity contribution in [3.05, 3.63) is 21.9 Å². The molecular weight excluding hydrogens is 308 g/mol. The lowest BCUT2D eigenvalue weighted by Crippen LogP contribution is -2.45. The van der Waals surface area contributed by atoms with Crippen molar-refractivity contribution in [1.82, 2.24) is 9.80 Å². The van der Waals surface area contributed by atoms with Gasteiger partial charge in [-0.1, -0.05) is 0 Å². The highest BCUT2D eigenvalue weighted by Gasteiger charge is 2.42. The van der Waals surface area contributed by atoms with E-state index in [9.17, 15) is 4.79 Å². The average Bonchev–Trinajstić information content (AvgIpc) is 3.23. The van der Waals surface area contributed by atoms with E-state index in [4.69, 9.17) is 4.74 Å². The van der Waals surface area contributed by atoms with Gasteiger partial charge in [-0.15, -0.1) is 11.3 Å². The Bertz CT molecular complexity index is 573. The fourth-order valence-electron chi connectivity index (χ4n) is 4.34. The fourth-order valence-corrected chi connectivity index (χ4v) is 5.27. The van der Waals surface area contributed by atoms with Crippen LogP contribution in [-0.4, -0.2) is 54.6 Å². The smallest absolute Gasteiger partial charge is 0.222 e. The van der Waals surface area contributed by atoms with Gasteiger partial charge in [0, 0.05) is 48.3 Å². The SMILES string of the molecule is Cc1ccc(CN2CC[C@H]3CO[C@H](CN4CCCC4=O)[C@H]3C2)s1. The van der Waals surface area contributed by atoms with E-state index in [1.54, 1.807) is 0 Å². The van der Waals surface area contributed by atoms with Crippen molar-refractivity contribution in [2.45, 2.75) is 38.8 Å². The largest absolute Gasteiger partial charge is 0.376 e. The van der Waals surface area contributed by atoms with Crippen LogP contribution in [0.4, 0.5) is 0 Å². The van der Waals surface area contributed by atoms with Gasteiger partial charge < -0.3 is 9.64 Å². The molecule has 3 aliphatic rings. The van der Waals surface area contributed by atoms with Gasteiger partial charge in [-0.2, -0.15) is 0 Å². The second kappa shape index (κ2) is 6.54. The van der Waals surface area contributed by atoms with E-state index < -0.39 is 0 Å².